The number of carbonyl (C=O) groups excluding carboxylic acids is 1. The molecule has 0 aliphatic rings. The van der Waals surface area contributed by atoms with Gasteiger partial charge in [0.1, 0.15) is 5.75 Å². The van der Waals surface area contributed by atoms with Gasteiger partial charge in [-0.2, -0.15) is 0 Å². The molecule has 0 saturated carbocycles. The molecule has 3 rings (SSSR count). The Labute approximate surface area is 152 Å². The molecule has 1 heterocycles. The number of hydrogen-bond donors (Lipinski definition) is 1. The highest BCUT2D eigenvalue weighted by atomic mass is 32.1. The minimum atomic E-state index is 0.110. The third-order valence-corrected chi connectivity index (χ3v) is 5.24. The van der Waals surface area contributed by atoms with Crippen LogP contribution < -0.4 is 0 Å². The number of phenolic OH excluding ortho intramolecular Hbond substituents is 1. The number of benzene rings is 2. The first-order valence-electron chi connectivity index (χ1n) is 8.51. The summed E-state index contributed by atoms with van der Waals surface area (Å²) >= 11 is 1.54. The number of ketones is 1. The van der Waals surface area contributed by atoms with Gasteiger partial charge in [-0.15, -0.1) is 11.3 Å². The maximum atomic E-state index is 12.5. The van der Waals surface area contributed by atoms with Gasteiger partial charge in [-0.25, -0.2) is 0 Å². The van der Waals surface area contributed by atoms with Crippen molar-refractivity contribution in [2.24, 2.45) is 5.92 Å². The first-order valence-corrected chi connectivity index (χ1v) is 9.33. The van der Waals surface area contributed by atoms with Crippen molar-refractivity contribution in [3.63, 3.8) is 0 Å². The number of Topliss-reactive ketones (excluding diaryl/α,β-unsaturated/α-hetero) is 1. The molecule has 0 saturated heterocycles. The molecule has 1 N–H and O–H groups in total. The number of carbonyl (C=O) groups is 1. The molecule has 0 aliphatic heterocycles. The third kappa shape index (κ3) is 4.58. The summed E-state index contributed by atoms with van der Waals surface area (Å²) in [4.78, 5) is 14.4. The van der Waals surface area contributed by atoms with Crippen LogP contribution in [0, 0.1) is 5.92 Å². The first-order chi connectivity index (χ1) is 12.0. The number of aromatic hydroxyl groups is 1. The Balaban J connectivity index is 1.71. The summed E-state index contributed by atoms with van der Waals surface area (Å²) < 4.78 is 0. The Bertz CT molecular complexity index is 842. The van der Waals surface area contributed by atoms with Crippen LogP contribution in [0.1, 0.15) is 34.6 Å². The molecule has 0 amide bonds. The van der Waals surface area contributed by atoms with E-state index < -0.39 is 0 Å². The quantitative estimate of drug-likeness (QED) is 0.575. The lowest BCUT2D eigenvalue weighted by Gasteiger charge is -2.05. The third-order valence-electron chi connectivity index (χ3n) is 4.06. The molecule has 2 aromatic carbocycles. The number of rotatable bonds is 6. The van der Waals surface area contributed by atoms with Crippen molar-refractivity contribution in [1.82, 2.24) is 0 Å². The van der Waals surface area contributed by atoms with Crippen molar-refractivity contribution in [3.8, 4) is 16.2 Å². The van der Waals surface area contributed by atoms with Crippen LogP contribution in [0.5, 0.6) is 5.75 Å². The van der Waals surface area contributed by atoms with Crippen molar-refractivity contribution >= 4 is 17.1 Å². The van der Waals surface area contributed by atoms with Crippen molar-refractivity contribution in [2.75, 3.05) is 0 Å². The van der Waals surface area contributed by atoms with Gasteiger partial charge in [0.05, 0.1) is 4.88 Å². The highest BCUT2D eigenvalue weighted by Gasteiger charge is 2.11. The van der Waals surface area contributed by atoms with Crippen molar-refractivity contribution in [3.05, 3.63) is 76.7 Å². The summed E-state index contributed by atoms with van der Waals surface area (Å²) in [5.41, 5.74) is 3.41. The SMILES string of the molecule is CC(C)Cc1ccc(-c2ccc(C(=O)Cc3ccc(O)cc3)s2)cc1. The predicted molar refractivity (Wildman–Crippen MR) is 104 cm³/mol. The van der Waals surface area contributed by atoms with Crippen LogP contribution >= 0.6 is 11.3 Å². The van der Waals surface area contributed by atoms with Crippen LogP contribution in [0.3, 0.4) is 0 Å². The van der Waals surface area contributed by atoms with E-state index in [-0.39, 0.29) is 11.5 Å². The van der Waals surface area contributed by atoms with E-state index in [1.807, 2.05) is 12.1 Å². The highest BCUT2D eigenvalue weighted by molar-refractivity contribution is 7.17. The number of hydrogen-bond acceptors (Lipinski definition) is 3. The summed E-state index contributed by atoms with van der Waals surface area (Å²) in [5.74, 6) is 0.977. The van der Waals surface area contributed by atoms with Gasteiger partial charge in [0.15, 0.2) is 5.78 Å². The van der Waals surface area contributed by atoms with Crippen LogP contribution in [0.15, 0.2) is 60.7 Å². The van der Waals surface area contributed by atoms with Gasteiger partial charge in [-0.1, -0.05) is 50.2 Å². The van der Waals surface area contributed by atoms with Crippen LogP contribution in [-0.2, 0) is 12.8 Å². The van der Waals surface area contributed by atoms with Crippen LogP contribution in [0.2, 0.25) is 0 Å². The summed E-state index contributed by atoms with van der Waals surface area (Å²) in [7, 11) is 0. The van der Waals surface area contributed by atoms with E-state index in [1.54, 1.807) is 24.3 Å². The second kappa shape index (κ2) is 7.66. The molecule has 25 heavy (non-hydrogen) atoms. The molecular formula is C22H22O2S. The van der Waals surface area contributed by atoms with Crippen LogP contribution in [-0.4, -0.2) is 10.9 Å². The van der Waals surface area contributed by atoms with Crippen molar-refractivity contribution in [2.45, 2.75) is 26.7 Å². The Morgan fingerprint density at radius 1 is 0.920 bits per heavy atom. The molecular weight excluding hydrogens is 328 g/mol. The van der Waals surface area contributed by atoms with E-state index in [0.717, 1.165) is 27.3 Å². The van der Waals surface area contributed by atoms with E-state index in [2.05, 4.69) is 38.1 Å². The lowest BCUT2D eigenvalue weighted by Crippen LogP contribution is -2.00. The molecule has 0 atom stereocenters. The minimum absolute atomic E-state index is 0.110. The Morgan fingerprint density at radius 2 is 1.56 bits per heavy atom. The zero-order valence-electron chi connectivity index (χ0n) is 14.5. The lowest BCUT2D eigenvalue weighted by atomic mass is 10.0. The highest BCUT2D eigenvalue weighted by Crippen LogP contribution is 2.29. The lowest BCUT2D eigenvalue weighted by molar-refractivity contribution is 0.0997. The van der Waals surface area contributed by atoms with E-state index in [1.165, 1.54) is 16.9 Å². The summed E-state index contributed by atoms with van der Waals surface area (Å²) in [6.45, 7) is 4.44. The van der Waals surface area contributed by atoms with Crippen molar-refractivity contribution < 1.29 is 9.90 Å². The number of thiophene rings is 1. The Kier molecular flexibility index (Phi) is 5.34. The molecule has 0 spiro atoms. The second-order valence-corrected chi connectivity index (χ2v) is 7.81. The molecule has 2 nitrogen and oxygen atoms in total. The maximum Gasteiger partial charge on any atom is 0.177 e. The first kappa shape index (κ1) is 17.4. The minimum Gasteiger partial charge on any atom is -0.508 e. The van der Waals surface area contributed by atoms with Gasteiger partial charge in [0.25, 0.3) is 0 Å². The van der Waals surface area contributed by atoms with Gasteiger partial charge < -0.3 is 5.11 Å². The van der Waals surface area contributed by atoms with Gasteiger partial charge in [0.2, 0.25) is 0 Å². The fraction of sp³-hybridized carbons (Fsp3) is 0.227. The average molecular weight is 350 g/mol. The number of phenols is 1. The average Bonchev–Trinajstić information content (AvgIpc) is 3.07. The van der Waals surface area contributed by atoms with E-state index in [0.29, 0.717) is 12.3 Å². The standard InChI is InChI=1S/C22H22O2S/c1-15(2)13-16-3-7-18(8-4-16)21-11-12-22(25-21)20(24)14-17-5-9-19(23)10-6-17/h3-12,15,23H,13-14H2,1-2H3. The normalized spacial score (nSPS) is 11.0. The van der Waals surface area contributed by atoms with E-state index >= 15 is 0 Å². The molecule has 3 aromatic rings. The largest absolute Gasteiger partial charge is 0.508 e. The summed E-state index contributed by atoms with van der Waals surface area (Å²) in [5, 5.41) is 9.32. The molecule has 128 valence electrons. The van der Waals surface area contributed by atoms with E-state index in [9.17, 15) is 9.90 Å². The summed E-state index contributed by atoms with van der Waals surface area (Å²) in [6.07, 6.45) is 1.44. The van der Waals surface area contributed by atoms with Crippen LogP contribution in [0.25, 0.3) is 10.4 Å². The predicted octanol–water partition coefficient (Wildman–Crippen LogP) is 5.74. The monoisotopic (exact) mass is 350 g/mol. The molecule has 0 bridgehead atoms. The fourth-order valence-electron chi connectivity index (χ4n) is 2.81. The molecule has 0 aliphatic carbocycles. The molecule has 1 aromatic heterocycles. The fourth-order valence-corrected chi connectivity index (χ4v) is 3.75. The zero-order valence-corrected chi connectivity index (χ0v) is 15.3. The molecule has 0 unspecified atom stereocenters. The van der Waals surface area contributed by atoms with Gasteiger partial charge in [-0.3, -0.25) is 4.79 Å². The van der Waals surface area contributed by atoms with Gasteiger partial charge in [-0.05, 0) is 53.3 Å². The topological polar surface area (TPSA) is 37.3 Å². The van der Waals surface area contributed by atoms with Crippen LogP contribution in [0.4, 0.5) is 0 Å². The molecule has 0 fully saturated rings. The Hall–Kier alpha value is -2.39. The second-order valence-electron chi connectivity index (χ2n) is 6.73. The molecule has 3 heteroatoms. The zero-order chi connectivity index (χ0) is 17.8. The van der Waals surface area contributed by atoms with Gasteiger partial charge in [0, 0.05) is 11.3 Å². The van der Waals surface area contributed by atoms with Gasteiger partial charge >= 0.3 is 0 Å². The van der Waals surface area contributed by atoms with E-state index in [4.69, 9.17) is 0 Å². The molecule has 0 radical (unpaired) electrons. The summed E-state index contributed by atoms with van der Waals surface area (Å²) in [6, 6.07) is 19.3. The Morgan fingerprint density at radius 3 is 2.20 bits per heavy atom. The smallest absolute Gasteiger partial charge is 0.177 e. The van der Waals surface area contributed by atoms with Crippen molar-refractivity contribution in [1.29, 1.82) is 0 Å². The maximum absolute atomic E-state index is 12.5.